The number of nitrogens with two attached hydrogens (primary N) is 1. The topological polar surface area (TPSA) is 128 Å². The van der Waals surface area contributed by atoms with Gasteiger partial charge in [0.05, 0.1) is 23.6 Å². The van der Waals surface area contributed by atoms with E-state index in [1.165, 1.54) is 53.7 Å². The van der Waals surface area contributed by atoms with Crippen LogP contribution in [0, 0.1) is 17.8 Å². The fourth-order valence-electron chi connectivity index (χ4n) is 5.97. The number of hydrogen-bond acceptors (Lipinski definition) is 8. The fraction of sp³-hybridized carbons (Fsp3) is 0.714. The van der Waals surface area contributed by atoms with Crippen molar-refractivity contribution in [2.24, 2.45) is 17.8 Å². The first kappa shape index (κ1) is 24.3. The molecule has 6 atom stereocenters. The molecule has 0 bridgehead atoms. The van der Waals surface area contributed by atoms with Crippen LogP contribution < -0.4 is 45.7 Å². The summed E-state index contributed by atoms with van der Waals surface area (Å²) in [5.74, 6) is -0.346. The van der Waals surface area contributed by atoms with Gasteiger partial charge in [-0.15, -0.1) is 23.1 Å². The van der Waals surface area contributed by atoms with Crippen molar-refractivity contribution in [1.29, 1.82) is 0 Å². The van der Waals surface area contributed by atoms with Gasteiger partial charge in [0.15, 0.2) is 5.13 Å². The summed E-state index contributed by atoms with van der Waals surface area (Å²) in [5.41, 5.74) is 6.50. The van der Waals surface area contributed by atoms with E-state index in [-0.39, 0.29) is 46.7 Å². The van der Waals surface area contributed by atoms with E-state index >= 15 is 0 Å². The quantitative estimate of drug-likeness (QED) is 0.349. The van der Waals surface area contributed by atoms with Crippen molar-refractivity contribution in [2.75, 3.05) is 5.73 Å². The van der Waals surface area contributed by atoms with E-state index in [0.29, 0.717) is 28.6 Å². The number of amides is 2. The molecule has 2 saturated carbocycles. The van der Waals surface area contributed by atoms with Gasteiger partial charge in [-0.3, -0.25) is 9.59 Å². The number of nitrogens with zero attached hydrogens (tertiary/aromatic N) is 2. The van der Waals surface area contributed by atoms with E-state index in [1.54, 1.807) is 13.8 Å². The minimum atomic E-state index is -1.26. The molecule has 1 aromatic heterocycles. The van der Waals surface area contributed by atoms with Gasteiger partial charge >= 0.3 is 29.6 Å². The molecule has 3 heterocycles. The minimum Gasteiger partial charge on any atom is -0.548 e. The molecule has 11 heteroatoms. The molecule has 2 aliphatic heterocycles. The zero-order chi connectivity index (χ0) is 22.1. The van der Waals surface area contributed by atoms with Crippen LogP contribution in [-0.2, 0) is 14.4 Å². The smallest absolute Gasteiger partial charge is 0.548 e. The zero-order valence-electron chi connectivity index (χ0n) is 18.6. The number of anilines is 1. The van der Waals surface area contributed by atoms with Crippen LogP contribution in [0.5, 0.6) is 0 Å². The van der Waals surface area contributed by atoms with Gasteiger partial charge in [-0.05, 0) is 50.9 Å². The minimum absolute atomic E-state index is 0. The molecule has 32 heavy (non-hydrogen) atoms. The van der Waals surface area contributed by atoms with Crippen molar-refractivity contribution in [3.8, 4) is 0 Å². The normalized spacial score (nSPS) is 35.1. The summed E-state index contributed by atoms with van der Waals surface area (Å²) in [7, 11) is 0. The SMILES string of the molecule is CC1(C)S[C@@H]2[C@H](NC(=O)C(CC3C4CCCCC43)c3csc(N)n3)C(=O)N2[C@H]1C(=O)[O-].[Na+]. The van der Waals surface area contributed by atoms with Gasteiger partial charge in [-0.2, -0.15) is 0 Å². The Morgan fingerprint density at radius 1 is 1.34 bits per heavy atom. The summed E-state index contributed by atoms with van der Waals surface area (Å²) >= 11 is 2.71. The molecule has 168 valence electrons. The number of nitrogen functional groups attached to an aromatic ring is 1. The van der Waals surface area contributed by atoms with Crippen LogP contribution in [0.3, 0.4) is 0 Å². The Hall–Kier alpha value is -0.810. The fourth-order valence-corrected chi connectivity index (χ4v) is 8.20. The number of aromatic nitrogens is 1. The van der Waals surface area contributed by atoms with Crippen molar-refractivity contribution in [1.82, 2.24) is 15.2 Å². The molecule has 0 aromatic carbocycles. The molecule has 2 aliphatic carbocycles. The first-order valence-corrected chi connectivity index (χ1v) is 12.7. The molecular formula is C21H27N4NaO4S2. The second-order valence-electron chi connectivity index (χ2n) is 9.74. The van der Waals surface area contributed by atoms with Crippen molar-refractivity contribution in [3.05, 3.63) is 11.1 Å². The molecule has 8 nitrogen and oxygen atoms in total. The maximum Gasteiger partial charge on any atom is 1.00 e. The molecule has 3 unspecified atom stereocenters. The molecule has 0 spiro atoms. The second kappa shape index (κ2) is 8.76. The summed E-state index contributed by atoms with van der Waals surface area (Å²) in [6.07, 6.45) is 5.71. The first-order valence-electron chi connectivity index (χ1n) is 10.9. The Kier molecular flexibility index (Phi) is 6.66. The van der Waals surface area contributed by atoms with Crippen LogP contribution in [-0.4, -0.2) is 49.9 Å². The third-order valence-corrected chi connectivity index (χ3v) is 9.78. The Morgan fingerprint density at radius 3 is 2.56 bits per heavy atom. The number of carbonyl (C=O) groups excluding carboxylic acids is 3. The number of carboxylic acids is 1. The number of aliphatic carboxylic acids is 1. The van der Waals surface area contributed by atoms with E-state index in [9.17, 15) is 19.5 Å². The molecule has 0 radical (unpaired) electrons. The van der Waals surface area contributed by atoms with Gasteiger partial charge in [-0.1, -0.05) is 12.8 Å². The van der Waals surface area contributed by atoms with Gasteiger partial charge in [0.2, 0.25) is 11.8 Å². The van der Waals surface area contributed by atoms with E-state index in [1.807, 2.05) is 5.38 Å². The zero-order valence-corrected chi connectivity index (χ0v) is 22.2. The Bertz CT molecular complexity index is 929. The molecule has 4 fully saturated rings. The van der Waals surface area contributed by atoms with Crippen LogP contribution in [0.15, 0.2) is 5.38 Å². The second-order valence-corrected chi connectivity index (χ2v) is 12.4. The van der Waals surface area contributed by atoms with Gasteiger partial charge in [0.25, 0.3) is 0 Å². The summed E-state index contributed by atoms with van der Waals surface area (Å²) in [6, 6.07) is -1.71. The van der Waals surface area contributed by atoms with Crippen LogP contribution in [0.1, 0.15) is 57.6 Å². The molecule has 2 amide bonds. The van der Waals surface area contributed by atoms with E-state index in [2.05, 4.69) is 10.3 Å². The number of nitrogens with one attached hydrogen (secondary N) is 1. The van der Waals surface area contributed by atoms with Crippen molar-refractivity contribution < 1.29 is 49.0 Å². The summed E-state index contributed by atoms with van der Waals surface area (Å²) < 4.78 is -0.675. The average molecular weight is 487 g/mol. The monoisotopic (exact) mass is 486 g/mol. The molecule has 2 saturated heterocycles. The van der Waals surface area contributed by atoms with Gasteiger partial charge in [0, 0.05) is 10.1 Å². The number of thioether (sulfide) groups is 1. The van der Waals surface area contributed by atoms with Crippen LogP contribution in [0.2, 0.25) is 0 Å². The predicted molar refractivity (Wildman–Crippen MR) is 116 cm³/mol. The summed E-state index contributed by atoms with van der Waals surface area (Å²) in [6.45, 7) is 3.58. The number of rotatable bonds is 6. The Morgan fingerprint density at radius 2 is 2.00 bits per heavy atom. The molecule has 5 rings (SSSR count). The van der Waals surface area contributed by atoms with Crippen molar-refractivity contribution in [2.45, 2.75) is 74.1 Å². The number of β-lactam (4-membered cyclic amide) rings is 1. The third kappa shape index (κ3) is 4.00. The van der Waals surface area contributed by atoms with Crippen LogP contribution in [0.4, 0.5) is 5.13 Å². The van der Waals surface area contributed by atoms with Crippen molar-refractivity contribution >= 4 is 46.0 Å². The largest absolute Gasteiger partial charge is 1.00 e. The van der Waals surface area contributed by atoms with Gasteiger partial charge in [-0.25, -0.2) is 4.98 Å². The average Bonchev–Trinajstić information content (AvgIpc) is 3.12. The van der Waals surface area contributed by atoms with Crippen LogP contribution >= 0.6 is 23.1 Å². The van der Waals surface area contributed by atoms with Gasteiger partial charge in [0.1, 0.15) is 11.4 Å². The summed E-state index contributed by atoms with van der Waals surface area (Å²) in [4.78, 5) is 43.4. The number of carboxylic acid groups (broad SMARTS) is 1. The standard InChI is InChI=1S/C21H28N4O4S2.Na/c1-21(2)15(19(28)29)25-17(27)14(18(25)31-21)24-16(26)12(13-8-30-20(22)23-13)7-11-9-5-3-4-6-10(9)11;/h8-12,14-15,18H,3-7H2,1-2H3,(H2,22,23)(H,24,26)(H,28,29);/q;+1/p-1/t9?,10?,11?,12?,14-,15+,18-;/m1./s1. The number of thiazole rings is 1. The predicted octanol–water partition coefficient (Wildman–Crippen LogP) is -2.06. The van der Waals surface area contributed by atoms with Crippen molar-refractivity contribution in [3.63, 3.8) is 0 Å². The van der Waals surface area contributed by atoms with E-state index < -0.39 is 28.7 Å². The molecular weight excluding hydrogens is 459 g/mol. The van der Waals surface area contributed by atoms with Gasteiger partial charge < -0.3 is 25.9 Å². The molecule has 3 N–H and O–H groups in total. The number of hydrogen-bond donors (Lipinski definition) is 2. The Balaban J connectivity index is 0.00000245. The summed E-state index contributed by atoms with van der Waals surface area (Å²) in [5, 5.41) is 16.4. The number of carbonyl (C=O) groups is 3. The number of fused-ring (bicyclic) bond motifs is 2. The maximum atomic E-state index is 13.3. The third-order valence-electron chi connectivity index (χ3n) is 7.52. The first-order chi connectivity index (χ1) is 14.7. The van der Waals surface area contributed by atoms with E-state index in [4.69, 9.17) is 5.73 Å². The molecule has 1 aromatic rings. The molecule has 4 aliphatic rings. The maximum absolute atomic E-state index is 13.3. The van der Waals surface area contributed by atoms with E-state index in [0.717, 1.165) is 6.42 Å². The Labute approximate surface area is 217 Å². The van der Waals surface area contributed by atoms with Crippen LogP contribution in [0.25, 0.3) is 0 Å².